The number of benzene rings is 2. The molecular formula is C22H27N3O5S. The molecule has 0 saturated heterocycles. The Morgan fingerprint density at radius 3 is 2.35 bits per heavy atom. The molecule has 1 fully saturated rings. The fourth-order valence-electron chi connectivity index (χ4n) is 2.99. The number of carbonyl (C=O) groups excluding carboxylic acids is 2. The number of hydrogen-bond donors (Lipinski definition) is 2. The number of nitrogens with zero attached hydrogens (tertiary/aromatic N) is 1. The van der Waals surface area contributed by atoms with Crippen molar-refractivity contribution < 1.29 is 22.7 Å². The Balaban J connectivity index is 1.61. The summed E-state index contributed by atoms with van der Waals surface area (Å²) in [4.78, 5) is 26.3. The van der Waals surface area contributed by atoms with E-state index in [1.807, 2.05) is 0 Å². The van der Waals surface area contributed by atoms with Crippen molar-refractivity contribution >= 4 is 27.5 Å². The van der Waals surface area contributed by atoms with Crippen molar-refractivity contribution in [2.75, 3.05) is 26.5 Å². The second kappa shape index (κ2) is 9.49. The number of sulfonamides is 1. The van der Waals surface area contributed by atoms with Gasteiger partial charge >= 0.3 is 0 Å². The van der Waals surface area contributed by atoms with Crippen LogP contribution < -0.4 is 14.8 Å². The SMILES string of the molecule is COc1ccc(C(=O)N(C)C)cc1NC(=O)CCc1ccc(S(=O)(=O)NC2CC2)cc1. The maximum Gasteiger partial charge on any atom is 0.253 e. The van der Waals surface area contributed by atoms with Crippen LogP contribution >= 0.6 is 0 Å². The van der Waals surface area contributed by atoms with Crippen LogP contribution in [0.2, 0.25) is 0 Å². The van der Waals surface area contributed by atoms with Crippen molar-refractivity contribution in [2.45, 2.75) is 36.6 Å². The maximum absolute atomic E-state index is 12.5. The Morgan fingerprint density at radius 2 is 1.77 bits per heavy atom. The van der Waals surface area contributed by atoms with Gasteiger partial charge in [-0.05, 0) is 55.2 Å². The summed E-state index contributed by atoms with van der Waals surface area (Å²) in [6, 6.07) is 11.5. The molecule has 3 rings (SSSR count). The van der Waals surface area contributed by atoms with E-state index < -0.39 is 10.0 Å². The molecule has 1 aliphatic carbocycles. The van der Waals surface area contributed by atoms with Gasteiger partial charge in [0.25, 0.3) is 5.91 Å². The Bertz CT molecular complexity index is 1060. The standard InChI is InChI=1S/C22H27N3O5S/c1-25(2)22(27)16-7-12-20(30-3)19(14-16)23-21(26)13-6-15-4-10-18(11-5-15)31(28,29)24-17-8-9-17/h4-5,7,10-12,14,17,24H,6,8-9,13H2,1-3H3,(H,23,26). The van der Waals surface area contributed by atoms with E-state index in [-0.39, 0.29) is 29.2 Å². The predicted octanol–water partition coefficient (Wildman–Crippen LogP) is 2.41. The average molecular weight is 446 g/mol. The van der Waals surface area contributed by atoms with Crippen molar-refractivity contribution in [1.82, 2.24) is 9.62 Å². The molecule has 1 aliphatic rings. The Morgan fingerprint density at radius 1 is 1.10 bits per heavy atom. The van der Waals surface area contributed by atoms with Crippen LogP contribution in [0.25, 0.3) is 0 Å². The number of carbonyl (C=O) groups is 2. The number of nitrogens with one attached hydrogen (secondary N) is 2. The van der Waals surface area contributed by atoms with Gasteiger partial charge in [0.1, 0.15) is 5.75 Å². The number of amides is 2. The molecule has 0 unspecified atom stereocenters. The minimum absolute atomic E-state index is 0.0527. The summed E-state index contributed by atoms with van der Waals surface area (Å²) >= 11 is 0. The van der Waals surface area contributed by atoms with E-state index in [9.17, 15) is 18.0 Å². The molecule has 0 aromatic heterocycles. The van der Waals surface area contributed by atoms with Crippen LogP contribution in [0.5, 0.6) is 5.75 Å². The molecule has 9 heteroatoms. The van der Waals surface area contributed by atoms with E-state index in [2.05, 4.69) is 10.0 Å². The molecule has 0 radical (unpaired) electrons. The van der Waals surface area contributed by atoms with Crippen molar-refractivity contribution in [3.8, 4) is 5.75 Å². The molecular weight excluding hydrogens is 418 g/mol. The fraction of sp³-hybridized carbons (Fsp3) is 0.364. The van der Waals surface area contributed by atoms with Crippen LogP contribution in [0, 0.1) is 0 Å². The highest BCUT2D eigenvalue weighted by atomic mass is 32.2. The van der Waals surface area contributed by atoms with E-state index in [4.69, 9.17) is 4.74 Å². The van der Waals surface area contributed by atoms with E-state index >= 15 is 0 Å². The van der Waals surface area contributed by atoms with Crippen molar-refractivity contribution in [3.05, 3.63) is 53.6 Å². The number of ether oxygens (including phenoxy) is 1. The van der Waals surface area contributed by atoms with Gasteiger partial charge in [0.2, 0.25) is 15.9 Å². The molecule has 2 aromatic carbocycles. The van der Waals surface area contributed by atoms with E-state index in [0.29, 0.717) is 23.4 Å². The minimum atomic E-state index is -3.48. The number of methoxy groups -OCH3 is 1. The highest BCUT2D eigenvalue weighted by Gasteiger charge is 2.27. The molecule has 0 aliphatic heterocycles. The van der Waals surface area contributed by atoms with Crippen molar-refractivity contribution in [1.29, 1.82) is 0 Å². The van der Waals surface area contributed by atoms with Gasteiger partial charge < -0.3 is 15.0 Å². The van der Waals surface area contributed by atoms with E-state index in [0.717, 1.165) is 18.4 Å². The lowest BCUT2D eigenvalue weighted by Gasteiger charge is -2.14. The first-order chi connectivity index (χ1) is 14.7. The zero-order chi connectivity index (χ0) is 22.6. The second-order valence-electron chi connectivity index (χ2n) is 7.70. The van der Waals surface area contributed by atoms with Gasteiger partial charge in [-0.1, -0.05) is 12.1 Å². The minimum Gasteiger partial charge on any atom is -0.495 e. The normalized spacial score (nSPS) is 13.5. The maximum atomic E-state index is 12.5. The summed E-state index contributed by atoms with van der Waals surface area (Å²) in [6.45, 7) is 0. The lowest BCUT2D eigenvalue weighted by molar-refractivity contribution is -0.116. The van der Waals surface area contributed by atoms with Crippen LogP contribution in [-0.4, -0.2) is 52.4 Å². The quantitative estimate of drug-likeness (QED) is 0.617. The van der Waals surface area contributed by atoms with E-state index in [1.54, 1.807) is 56.6 Å². The Hall–Kier alpha value is -2.91. The molecule has 31 heavy (non-hydrogen) atoms. The van der Waals surface area contributed by atoms with Gasteiger partial charge in [0, 0.05) is 32.1 Å². The molecule has 0 heterocycles. The van der Waals surface area contributed by atoms with Crippen LogP contribution in [0.4, 0.5) is 5.69 Å². The lowest BCUT2D eigenvalue weighted by Crippen LogP contribution is -2.25. The molecule has 0 bridgehead atoms. The topological polar surface area (TPSA) is 105 Å². The van der Waals surface area contributed by atoms with Crippen LogP contribution in [-0.2, 0) is 21.2 Å². The van der Waals surface area contributed by atoms with Gasteiger partial charge in [-0.15, -0.1) is 0 Å². The number of aryl methyl sites for hydroxylation is 1. The third kappa shape index (κ3) is 6.05. The molecule has 2 N–H and O–H groups in total. The first kappa shape index (κ1) is 22.8. The molecule has 166 valence electrons. The predicted molar refractivity (Wildman–Crippen MR) is 118 cm³/mol. The first-order valence-corrected chi connectivity index (χ1v) is 11.5. The molecule has 0 atom stereocenters. The van der Waals surface area contributed by atoms with Gasteiger partial charge in [-0.2, -0.15) is 0 Å². The number of hydrogen-bond acceptors (Lipinski definition) is 5. The number of rotatable bonds is 9. The van der Waals surface area contributed by atoms with Gasteiger partial charge in [-0.25, -0.2) is 13.1 Å². The van der Waals surface area contributed by atoms with Gasteiger partial charge in [-0.3, -0.25) is 9.59 Å². The zero-order valence-electron chi connectivity index (χ0n) is 17.8. The highest BCUT2D eigenvalue weighted by Crippen LogP contribution is 2.26. The summed E-state index contributed by atoms with van der Waals surface area (Å²) < 4.78 is 32.4. The largest absolute Gasteiger partial charge is 0.495 e. The summed E-state index contributed by atoms with van der Waals surface area (Å²) in [5.74, 6) is 0.0468. The van der Waals surface area contributed by atoms with E-state index in [1.165, 1.54) is 12.0 Å². The summed E-state index contributed by atoms with van der Waals surface area (Å²) in [7, 11) is 1.32. The summed E-state index contributed by atoms with van der Waals surface area (Å²) in [6.07, 6.45) is 2.40. The molecule has 1 saturated carbocycles. The van der Waals surface area contributed by atoms with Crippen molar-refractivity contribution in [2.24, 2.45) is 0 Å². The second-order valence-corrected chi connectivity index (χ2v) is 9.42. The third-order valence-electron chi connectivity index (χ3n) is 4.90. The zero-order valence-corrected chi connectivity index (χ0v) is 18.7. The molecule has 2 aromatic rings. The Labute approximate surface area is 182 Å². The van der Waals surface area contributed by atoms with Gasteiger partial charge in [0.05, 0.1) is 17.7 Å². The summed E-state index contributed by atoms with van der Waals surface area (Å²) in [5, 5.41) is 2.79. The highest BCUT2D eigenvalue weighted by molar-refractivity contribution is 7.89. The molecule has 0 spiro atoms. The first-order valence-electron chi connectivity index (χ1n) is 10.0. The molecule has 2 amide bonds. The smallest absolute Gasteiger partial charge is 0.253 e. The third-order valence-corrected chi connectivity index (χ3v) is 6.44. The molecule has 8 nitrogen and oxygen atoms in total. The van der Waals surface area contributed by atoms with Crippen molar-refractivity contribution in [3.63, 3.8) is 0 Å². The van der Waals surface area contributed by atoms with Crippen LogP contribution in [0.1, 0.15) is 35.2 Å². The Kier molecular flexibility index (Phi) is 6.97. The van der Waals surface area contributed by atoms with Gasteiger partial charge in [0.15, 0.2) is 0 Å². The van der Waals surface area contributed by atoms with Crippen LogP contribution in [0.3, 0.4) is 0 Å². The lowest BCUT2D eigenvalue weighted by atomic mass is 10.1. The fourth-order valence-corrected chi connectivity index (χ4v) is 4.30. The number of anilines is 1. The van der Waals surface area contributed by atoms with Crippen LogP contribution in [0.15, 0.2) is 47.4 Å². The average Bonchev–Trinajstić information content (AvgIpc) is 3.55. The summed E-state index contributed by atoms with van der Waals surface area (Å²) in [5.41, 5.74) is 1.72. The monoisotopic (exact) mass is 445 g/mol.